The number of hydrogen-bond donors (Lipinski definition) is 1. The van der Waals surface area contributed by atoms with Crippen molar-refractivity contribution < 1.29 is 4.79 Å². The van der Waals surface area contributed by atoms with E-state index in [0.29, 0.717) is 5.92 Å². The summed E-state index contributed by atoms with van der Waals surface area (Å²) in [5, 5.41) is 3.10. The lowest BCUT2D eigenvalue weighted by molar-refractivity contribution is 0.143. The Morgan fingerprint density at radius 3 is 2.31 bits per heavy atom. The lowest BCUT2D eigenvalue weighted by Gasteiger charge is -2.35. The van der Waals surface area contributed by atoms with E-state index in [2.05, 4.69) is 61.3 Å². The first-order valence-corrected chi connectivity index (χ1v) is 9.45. The molecule has 0 radical (unpaired) electrons. The number of aryl methyl sites for hydroxylation is 1. The number of anilines is 1. The minimum atomic E-state index is 0.00749. The molecule has 4 nitrogen and oxygen atoms in total. The van der Waals surface area contributed by atoms with Crippen molar-refractivity contribution >= 4 is 11.7 Å². The maximum atomic E-state index is 12.6. The fraction of sp³-hybridized carbons (Fsp3) is 0.409. The Balaban J connectivity index is 1.53. The second-order valence-corrected chi connectivity index (χ2v) is 7.42. The van der Waals surface area contributed by atoms with E-state index in [-0.39, 0.29) is 6.03 Å². The predicted octanol–water partition coefficient (Wildman–Crippen LogP) is 4.47. The van der Waals surface area contributed by atoms with Crippen LogP contribution in [0.2, 0.25) is 0 Å². The van der Waals surface area contributed by atoms with Crippen LogP contribution in [-0.2, 0) is 6.54 Å². The molecule has 4 heteroatoms. The van der Waals surface area contributed by atoms with E-state index in [9.17, 15) is 4.79 Å². The molecule has 1 aliphatic rings. The quantitative estimate of drug-likeness (QED) is 0.882. The molecule has 0 aliphatic carbocycles. The molecule has 1 saturated heterocycles. The number of nitrogens with zero attached hydrogens (tertiary/aromatic N) is 2. The summed E-state index contributed by atoms with van der Waals surface area (Å²) < 4.78 is 0. The Morgan fingerprint density at radius 1 is 1.00 bits per heavy atom. The monoisotopic (exact) mass is 351 g/mol. The molecule has 0 spiro atoms. The van der Waals surface area contributed by atoms with Crippen LogP contribution in [0.15, 0.2) is 48.5 Å². The predicted molar refractivity (Wildman–Crippen MR) is 108 cm³/mol. The van der Waals surface area contributed by atoms with Crippen molar-refractivity contribution in [1.29, 1.82) is 0 Å². The smallest absolute Gasteiger partial charge is 0.321 e. The molecule has 1 fully saturated rings. The number of nitrogens with one attached hydrogen (secondary N) is 1. The van der Waals surface area contributed by atoms with Crippen LogP contribution in [0.3, 0.4) is 0 Å². The van der Waals surface area contributed by atoms with Crippen LogP contribution in [0.25, 0.3) is 0 Å². The number of hydrogen-bond acceptors (Lipinski definition) is 2. The Hall–Kier alpha value is -2.33. The molecule has 0 saturated carbocycles. The van der Waals surface area contributed by atoms with Crippen LogP contribution in [0.1, 0.15) is 36.5 Å². The summed E-state index contributed by atoms with van der Waals surface area (Å²) in [6.07, 6.45) is 0. The minimum absolute atomic E-state index is 0.00749. The normalized spacial score (nSPS) is 15.3. The highest BCUT2D eigenvalue weighted by Crippen LogP contribution is 2.24. The van der Waals surface area contributed by atoms with Crippen molar-refractivity contribution in [3.05, 3.63) is 65.2 Å². The van der Waals surface area contributed by atoms with Gasteiger partial charge >= 0.3 is 6.03 Å². The van der Waals surface area contributed by atoms with Crippen molar-refractivity contribution in [3.8, 4) is 0 Å². The highest BCUT2D eigenvalue weighted by Gasteiger charge is 2.22. The van der Waals surface area contributed by atoms with Crippen molar-refractivity contribution in [1.82, 2.24) is 9.80 Å². The van der Waals surface area contributed by atoms with Crippen LogP contribution in [0.4, 0.5) is 10.5 Å². The van der Waals surface area contributed by atoms with Gasteiger partial charge in [0.1, 0.15) is 0 Å². The van der Waals surface area contributed by atoms with E-state index < -0.39 is 0 Å². The molecule has 2 aromatic rings. The summed E-state index contributed by atoms with van der Waals surface area (Å²) in [5.41, 5.74) is 4.73. The Bertz CT molecular complexity index is 731. The lowest BCUT2D eigenvalue weighted by Crippen LogP contribution is -2.49. The third kappa shape index (κ3) is 4.64. The first kappa shape index (κ1) is 18.5. The summed E-state index contributed by atoms with van der Waals surface area (Å²) >= 11 is 0. The van der Waals surface area contributed by atoms with Gasteiger partial charge in [0.15, 0.2) is 0 Å². The van der Waals surface area contributed by atoms with Gasteiger partial charge in [0.25, 0.3) is 0 Å². The number of amides is 2. The zero-order valence-corrected chi connectivity index (χ0v) is 16.0. The number of carbonyl (C=O) groups excluding carboxylic acids is 1. The average Bonchev–Trinajstić information content (AvgIpc) is 2.64. The third-order valence-corrected chi connectivity index (χ3v) is 5.01. The molecule has 0 atom stereocenters. The van der Waals surface area contributed by atoms with Crippen LogP contribution in [0, 0.1) is 6.92 Å². The second-order valence-electron chi connectivity index (χ2n) is 7.42. The number of piperazine rings is 1. The molecule has 1 N–H and O–H groups in total. The fourth-order valence-electron chi connectivity index (χ4n) is 3.37. The molecule has 2 amide bonds. The first-order valence-electron chi connectivity index (χ1n) is 9.45. The number of carbonyl (C=O) groups is 1. The van der Waals surface area contributed by atoms with E-state index in [0.717, 1.165) is 38.4 Å². The summed E-state index contributed by atoms with van der Waals surface area (Å²) in [7, 11) is 0. The molecule has 0 bridgehead atoms. The van der Waals surface area contributed by atoms with Gasteiger partial charge in [-0.3, -0.25) is 4.90 Å². The van der Waals surface area contributed by atoms with Crippen LogP contribution >= 0.6 is 0 Å². The molecule has 1 heterocycles. The summed E-state index contributed by atoms with van der Waals surface area (Å²) in [6, 6.07) is 16.8. The summed E-state index contributed by atoms with van der Waals surface area (Å²) in [5.74, 6) is 0.387. The van der Waals surface area contributed by atoms with Gasteiger partial charge in [0.05, 0.1) is 0 Å². The summed E-state index contributed by atoms with van der Waals surface area (Å²) in [4.78, 5) is 17.0. The highest BCUT2D eigenvalue weighted by molar-refractivity contribution is 5.90. The average molecular weight is 351 g/mol. The highest BCUT2D eigenvalue weighted by atomic mass is 16.2. The fourth-order valence-corrected chi connectivity index (χ4v) is 3.37. The largest absolute Gasteiger partial charge is 0.322 e. The van der Waals surface area contributed by atoms with Gasteiger partial charge in [-0.1, -0.05) is 61.9 Å². The molecule has 26 heavy (non-hydrogen) atoms. The molecular formula is C22H29N3O. The van der Waals surface area contributed by atoms with E-state index in [1.165, 1.54) is 16.7 Å². The molecule has 2 aromatic carbocycles. The summed E-state index contributed by atoms with van der Waals surface area (Å²) in [6.45, 7) is 10.7. The molecule has 138 valence electrons. The molecule has 0 aromatic heterocycles. The molecule has 0 unspecified atom stereocenters. The van der Waals surface area contributed by atoms with Gasteiger partial charge in [0, 0.05) is 38.4 Å². The Labute approximate surface area is 156 Å². The van der Waals surface area contributed by atoms with E-state index in [1.807, 2.05) is 23.1 Å². The number of para-hydroxylation sites is 1. The van der Waals surface area contributed by atoms with E-state index in [1.54, 1.807) is 0 Å². The van der Waals surface area contributed by atoms with Crippen molar-refractivity contribution in [2.24, 2.45) is 0 Å². The van der Waals surface area contributed by atoms with Crippen LogP contribution < -0.4 is 5.32 Å². The number of urea groups is 1. The van der Waals surface area contributed by atoms with Crippen molar-refractivity contribution in [2.45, 2.75) is 33.2 Å². The third-order valence-electron chi connectivity index (χ3n) is 5.01. The van der Waals surface area contributed by atoms with Crippen molar-refractivity contribution in [2.75, 3.05) is 31.5 Å². The van der Waals surface area contributed by atoms with Gasteiger partial charge in [0.2, 0.25) is 0 Å². The lowest BCUT2D eigenvalue weighted by atomic mass is 10.0. The topological polar surface area (TPSA) is 35.6 Å². The van der Waals surface area contributed by atoms with Gasteiger partial charge in [-0.15, -0.1) is 0 Å². The molecular weight excluding hydrogens is 322 g/mol. The first-order chi connectivity index (χ1) is 12.5. The number of rotatable bonds is 4. The maximum Gasteiger partial charge on any atom is 0.321 e. The van der Waals surface area contributed by atoms with Gasteiger partial charge in [-0.25, -0.2) is 4.79 Å². The van der Waals surface area contributed by atoms with Crippen molar-refractivity contribution in [3.63, 3.8) is 0 Å². The maximum absolute atomic E-state index is 12.6. The number of benzene rings is 2. The molecule has 1 aliphatic heterocycles. The second kappa shape index (κ2) is 8.37. The molecule has 3 rings (SSSR count). The zero-order valence-electron chi connectivity index (χ0n) is 16.0. The van der Waals surface area contributed by atoms with Gasteiger partial charge in [-0.05, 0) is 30.0 Å². The van der Waals surface area contributed by atoms with Crippen LogP contribution in [-0.4, -0.2) is 42.0 Å². The van der Waals surface area contributed by atoms with Gasteiger partial charge < -0.3 is 10.2 Å². The standard InChI is InChI=1S/C22H29N3O/c1-17(2)20-6-4-5-7-21(20)23-22(26)25-14-12-24(13-15-25)16-19-10-8-18(3)9-11-19/h4-11,17H,12-16H2,1-3H3,(H,23,26). The van der Waals surface area contributed by atoms with E-state index in [4.69, 9.17) is 0 Å². The van der Waals surface area contributed by atoms with Crippen LogP contribution in [0.5, 0.6) is 0 Å². The minimum Gasteiger partial charge on any atom is -0.322 e. The van der Waals surface area contributed by atoms with E-state index >= 15 is 0 Å². The Kier molecular flexibility index (Phi) is 5.94. The van der Waals surface area contributed by atoms with Gasteiger partial charge in [-0.2, -0.15) is 0 Å². The SMILES string of the molecule is Cc1ccc(CN2CCN(C(=O)Nc3ccccc3C(C)C)CC2)cc1. The Morgan fingerprint density at radius 2 is 1.65 bits per heavy atom. The zero-order chi connectivity index (χ0) is 18.5.